The lowest BCUT2D eigenvalue weighted by atomic mass is 10.1. The molecule has 0 fully saturated rings. The maximum atomic E-state index is 9.13. The second kappa shape index (κ2) is 6.24. The molecule has 0 aliphatic rings. The van der Waals surface area contributed by atoms with E-state index < -0.39 is 0 Å². The summed E-state index contributed by atoms with van der Waals surface area (Å²) in [6.07, 6.45) is 0.813. The van der Waals surface area contributed by atoms with E-state index >= 15 is 0 Å². The minimum Gasteiger partial charge on any atom is -0.496 e. The topological polar surface area (TPSA) is 41.5 Å². The van der Waals surface area contributed by atoms with Gasteiger partial charge in [0.05, 0.1) is 13.7 Å². The van der Waals surface area contributed by atoms with Crippen LogP contribution in [0.4, 0.5) is 0 Å². The average Bonchev–Trinajstić information content (AvgIpc) is 2.29. The first-order valence-electron chi connectivity index (χ1n) is 5.67. The molecule has 0 saturated heterocycles. The Hall–Kier alpha value is -0.770. The van der Waals surface area contributed by atoms with Gasteiger partial charge in [0.15, 0.2) is 0 Å². The first kappa shape index (κ1) is 14.3. The highest BCUT2D eigenvalue weighted by Gasteiger charge is 2.14. The van der Waals surface area contributed by atoms with E-state index in [9.17, 15) is 0 Å². The molecule has 0 saturated carbocycles. The zero-order valence-corrected chi connectivity index (χ0v) is 11.3. The Morgan fingerprint density at radius 2 is 2.12 bits per heavy atom. The first-order valence-corrected chi connectivity index (χ1v) is 6.04. The summed E-state index contributed by atoms with van der Waals surface area (Å²) in [5, 5.41) is 13.1. The van der Waals surface area contributed by atoms with E-state index in [0.717, 1.165) is 24.3 Å². The number of methoxy groups -OCH3 is 1. The highest BCUT2D eigenvalue weighted by molar-refractivity contribution is 6.30. The third kappa shape index (κ3) is 4.54. The molecule has 0 spiro atoms. The van der Waals surface area contributed by atoms with Crippen molar-refractivity contribution in [2.45, 2.75) is 25.8 Å². The van der Waals surface area contributed by atoms with Gasteiger partial charge in [-0.3, -0.25) is 0 Å². The van der Waals surface area contributed by atoms with Gasteiger partial charge in [0, 0.05) is 10.6 Å². The lowest BCUT2D eigenvalue weighted by Gasteiger charge is -2.23. The van der Waals surface area contributed by atoms with Crippen molar-refractivity contribution >= 4 is 11.6 Å². The zero-order chi connectivity index (χ0) is 12.9. The quantitative estimate of drug-likeness (QED) is 0.821. The van der Waals surface area contributed by atoms with Gasteiger partial charge in [0.2, 0.25) is 0 Å². The van der Waals surface area contributed by atoms with Crippen molar-refractivity contribution in [3.8, 4) is 5.75 Å². The third-order valence-electron chi connectivity index (χ3n) is 2.64. The Balaban J connectivity index is 2.59. The molecule has 0 atom stereocenters. The van der Waals surface area contributed by atoms with Crippen LogP contribution in [0.1, 0.15) is 19.4 Å². The number of rotatable bonds is 6. The van der Waals surface area contributed by atoms with E-state index in [1.165, 1.54) is 0 Å². The van der Waals surface area contributed by atoms with E-state index in [2.05, 4.69) is 5.32 Å². The molecule has 17 heavy (non-hydrogen) atoms. The SMILES string of the molecule is COc1ccc(Cl)cc1CCNC(C)(C)CO. The highest BCUT2D eigenvalue weighted by Crippen LogP contribution is 2.22. The Kier molecular flexibility index (Phi) is 5.25. The van der Waals surface area contributed by atoms with Crippen LogP contribution in [0.3, 0.4) is 0 Å². The van der Waals surface area contributed by atoms with E-state index in [1.807, 2.05) is 32.0 Å². The van der Waals surface area contributed by atoms with Crippen molar-refractivity contribution in [2.24, 2.45) is 0 Å². The Labute approximate surface area is 108 Å². The number of nitrogens with one attached hydrogen (secondary N) is 1. The predicted molar refractivity (Wildman–Crippen MR) is 70.9 cm³/mol. The fourth-order valence-corrected chi connectivity index (χ4v) is 1.73. The molecule has 0 aromatic heterocycles. The summed E-state index contributed by atoms with van der Waals surface area (Å²) in [6, 6.07) is 5.60. The average molecular weight is 258 g/mol. The van der Waals surface area contributed by atoms with Gasteiger partial charge in [0.25, 0.3) is 0 Å². The second-order valence-corrected chi connectivity index (χ2v) is 5.11. The minimum absolute atomic E-state index is 0.111. The normalized spacial score (nSPS) is 11.6. The van der Waals surface area contributed by atoms with Crippen molar-refractivity contribution in [3.63, 3.8) is 0 Å². The van der Waals surface area contributed by atoms with Gasteiger partial charge in [-0.15, -0.1) is 0 Å². The molecule has 1 aromatic rings. The largest absolute Gasteiger partial charge is 0.496 e. The van der Waals surface area contributed by atoms with Crippen molar-refractivity contribution in [2.75, 3.05) is 20.3 Å². The third-order valence-corrected chi connectivity index (χ3v) is 2.87. The Morgan fingerprint density at radius 1 is 1.41 bits per heavy atom. The molecule has 0 aliphatic carbocycles. The molecule has 1 rings (SSSR count). The van der Waals surface area contributed by atoms with Gasteiger partial charge in [-0.25, -0.2) is 0 Å². The molecule has 2 N–H and O–H groups in total. The number of aliphatic hydroxyl groups is 1. The van der Waals surface area contributed by atoms with Crippen molar-refractivity contribution < 1.29 is 9.84 Å². The lowest BCUT2D eigenvalue weighted by Crippen LogP contribution is -2.43. The number of halogens is 1. The van der Waals surface area contributed by atoms with Gasteiger partial charge in [-0.05, 0) is 50.6 Å². The summed E-state index contributed by atoms with van der Waals surface area (Å²) in [5.74, 6) is 0.845. The van der Waals surface area contributed by atoms with Gasteiger partial charge in [-0.1, -0.05) is 11.6 Å². The monoisotopic (exact) mass is 257 g/mol. The Bertz CT molecular complexity index is 366. The van der Waals surface area contributed by atoms with Crippen molar-refractivity contribution in [3.05, 3.63) is 28.8 Å². The molecule has 96 valence electrons. The van der Waals surface area contributed by atoms with Gasteiger partial charge < -0.3 is 15.2 Å². The van der Waals surface area contributed by atoms with Gasteiger partial charge in [-0.2, -0.15) is 0 Å². The molecule has 0 bridgehead atoms. The van der Waals surface area contributed by atoms with Crippen LogP contribution in [0.2, 0.25) is 5.02 Å². The summed E-state index contributed by atoms with van der Waals surface area (Å²) in [4.78, 5) is 0. The van der Waals surface area contributed by atoms with Crippen LogP contribution in [-0.2, 0) is 6.42 Å². The second-order valence-electron chi connectivity index (χ2n) is 4.67. The minimum atomic E-state index is -0.258. The molecule has 0 radical (unpaired) electrons. The van der Waals surface area contributed by atoms with Crippen molar-refractivity contribution in [1.82, 2.24) is 5.32 Å². The highest BCUT2D eigenvalue weighted by atomic mass is 35.5. The zero-order valence-electron chi connectivity index (χ0n) is 10.6. The Morgan fingerprint density at radius 3 is 2.71 bits per heavy atom. The number of ether oxygens (including phenoxy) is 1. The summed E-state index contributed by atoms with van der Waals surface area (Å²) in [6.45, 7) is 4.80. The van der Waals surface area contributed by atoms with Crippen LogP contribution in [0.5, 0.6) is 5.75 Å². The predicted octanol–water partition coefficient (Wildman–Crippen LogP) is 2.25. The molecule has 0 amide bonds. The van der Waals surface area contributed by atoms with Crippen LogP contribution >= 0.6 is 11.6 Å². The summed E-state index contributed by atoms with van der Waals surface area (Å²) in [5.41, 5.74) is 0.812. The summed E-state index contributed by atoms with van der Waals surface area (Å²) in [7, 11) is 1.65. The number of hydrogen-bond acceptors (Lipinski definition) is 3. The smallest absolute Gasteiger partial charge is 0.122 e. The standard InChI is InChI=1S/C13H20ClNO2/c1-13(2,9-16)15-7-6-10-8-11(14)4-5-12(10)17-3/h4-5,8,15-16H,6-7,9H2,1-3H3. The number of benzene rings is 1. The molecule has 0 heterocycles. The molecule has 3 nitrogen and oxygen atoms in total. The molecular weight excluding hydrogens is 238 g/mol. The van der Waals surface area contributed by atoms with Crippen LogP contribution in [-0.4, -0.2) is 30.9 Å². The maximum absolute atomic E-state index is 9.13. The molecule has 4 heteroatoms. The van der Waals surface area contributed by atoms with Crippen LogP contribution < -0.4 is 10.1 Å². The fourth-order valence-electron chi connectivity index (χ4n) is 1.53. The van der Waals surface area contributed by atoms with Gasteiger partial charge >= 0.3 is 0 Å². The van der Waals surface area contributed by atoms with Crippen LogP contribution in [0.15, 0.2) is 18.2 Å². The van der Waals surface area contributed by atoms with Crippen LogP contribution in [0.25, 0.3) is 0 Å². The molecule has 0 aliphatic heterocycles. The van der Waals surface area contributed by atoms with E-state index in [4.69, 9.17) is 21.4 Å². The maximum Gasteiger partial charge on any atom is 0.122 e. The fraction of sp³-hybridized carbons (Fsp3) is 0.538. The van der Waals surface area contributed by atoms with Crippen LogP contribution in [0, 0.1) is 0 Å². The van der Waals surface area contributed by atoms with E-state index in [-0.39, 0.29) is 12.1 Å². The summed E-state index contributed by atoms with van der Waals surface area (Å²) >= 11 is 5.95. The first-order chi connectivity index (χ1) is 7.98. The van der Waals surface area contributed by atoms with E-state index in [0.29, 0.717) is 5.02 Å². The number of aliphatic hydroxyl groups excluding tert-OH is 1. The van der Waals surface area contributed by atoms with E-state index in [1.54, 1.807) is 7.11 Å². The lowest BCUT2D eigenvalue weighted by molar-refractivity contribution is 0.189. The summed E-state index contributed by atoms with van der Waals surface area (Å²) < 4.78 is 5.27. The van der Waals surface area contributed by atoms with Gasteiger partial charge in [0.1, 0.15) is 5.75 Å². The molecule has 0 unspecified atom stereocenters. The molecule has 1 aromatic carbocycles. The number of hydrogen-bond donors (Lipinski definition) is 2. The molecular formula is C13H20ClNO2. The van der Waals surface area contributed by atoms with Crippen molar-refractivity contribution in [1.29, 1.82) is 0 Å².